The van der Waals surface area contributed by atoms with Crippen molar-refractivity contribution in [1.82, 2.24) is 15.3 Å². The fourth-order valence-corrected chi connectivity index (χ4v) is 2.47. The van der Waals surface area contributed by atoms with Gasteiger partial charge in [0.05, 0.1) is 0 Å². The Bertz CT molecular complexity index is 511. The van der Waals surface area contributed by atoms with Crippen LogP contribution in [0.2, 0.25) is 0 Å². The summed E-state index contributed by atoms with van der Waals surface area (Å²) >= 11 is 0. The normalized spacial score (nSPS) is 14.1. The zero-order chi connectivity index (χ0) is 16.0. The summed E-state index contributed by atoms with van der Waals surface area (Å²) in [5.41, 5.74) is 1.98. The fourth-order valence-electron chi connectivity index (χ4n) is 2.47. The number of carbonyl (C=O) groups excluding carboxylic acids is 1. The summed E-state index contributed by atoms with van der Waals surface area (Å²) in [6, 6.07) is 0. The Labute approximate surface area is 132 Å². The van der Waals surface area contributed by atoms with Crippen LogP contribution in [0, 0.1) is 0 Å². The van der Waals surface area contributed by atoms with Crippen LogP contribution in [-0.2, 0) is 17.6 Å². The van der Waals surface area contributed by atoms with Crippen LogP contribution < -0.4 is 10.6 Å². The van der Waals surface area contributed by atoms with Crippen LogP contribution in [0.3, 0.4) is 0 Å². The van der Waals surface area contributed by atoms with Crippen molar-refractivity contribution in [2.45, 2.75) is 58.5 Å². The third kappa shape index (κ3) is 5.16. The topological polar surface area (TPSA) is 76.1 Å². The number of ether oxygens (including phenoxy) is 1. The van der Waals surface area contributed by atoms with Crippen molar-refractivity contribution in [3.63, 3.8) is 0 Å². The number of hydrogen-bond acceptors (Lipinski definition) is 5. The Hall–Kier alpha value is -1.85. The largest absolute Gasteiger partial charge is 0.444 e. The lowest BCUT2D eigenvalue weighted by molar-refractivity contribution is 0.0528. The molecule has 0 aliphatic heterocycles. The zero-order valence-corrected chi connectivity index (χ0v) is 13.7. The molecule has 22 heavy (non-hydrogen) atoms. The number of fused-ring (bicyclic) bond motifs is 1. The van der Waals surface area contributed by atoms with Gasteiger partial charge in [0.25, 0.3) is 0 Å². The molecule has 0 saturated carbocycles. The molecule has 0 bridgehead atoms. The number of nitrogens with zero attached hydrogens (tertiary/aromatic N) is 2. The van der Waals surface area contributed by atoms with E-state index in [0.717, 1.165) is 31.6 Å². The predicted octanol–water partition coefficient (Wildman–Crippen LogP) is 2.68. The molecule has 6 heteroatoms. The highest BCUT2D eigenvalue weighted by atomic mass is 16.6. The van der Waals surface area contributed by atoms with Crippen LogP contribution in [0.4, 0.5) is 10.6 Å². The van der Waals surface area contributed by atoms with Crippen LogP contribution in [0.15, 0.2) is 6.33 Å². The molecule has 0 atom stereocenters. The minimum Gasteiger partial charge on any atom is -0.444 e. The van der Waals surface area contributed by atoms with Gasteiger partial charge in [-0.3, -0.25) is 0 Å². The van der Waals surface area contributed by atoms with Gasteiger partial charge in [-0.1, -0.05) is 0 Å². The lowest BCUT2D eigenvalue weighted by Gasteiger charge is -2.20. The van der Waals surface area contributed by atoms with Crippen LogP contribution in [0.1, 0.15) is 51.3 Å². The molecule has 1 aliphatic rings. The monoisotopic (exact) mass is 306 g/mol. The van der Waals surface area contributed by atoms with E-state index in [0.29, 0.717) is 6.54 Å². The molecular formula is C16H26N4O2. The van der Waals surface area contributed by atoms with Crippen molar-refractivity contribution in [3.05, 3.63) is 17.6 Å². The Balaban J connectivity index is 1.70. The maximum atomic E-state index is 11.5. The van der Waals surface area contributed by atoms with Crippen LogP contribution in [0.25, 0.3) is 0 Å². The number of alkyl carbamates (subject to hydrolysis) is 1. The number of aromatic nitrogens is 2. The van der Waals surface area contributed by atoms with E-state index in [1.807, 2.05) is 20.8 Å². The molecular weight excluding hydrogens is 280 g/mol. The molecule has 1 aliphatic carbocycles. The van der Waals surface area contributed by atoms with E-state index >= 15 is 0 Å². The first-order valence-corrected chi connectivity index (χ1v) is 7.99. The number of aryl methyl sites for hydroxylation is 1. The van der Waals surface area contributed by atoms with Crippen molar-refractivity contribution < 1.29 is 9.53 Å². The van der Waals surface area contributed by atoms with Crippen molar-refractivity contribution in [1.29, 1.82) is 0 Å². The summed E-state index contributed by atoms with van der Waals surface area (Å²) < 4.78 is 5.19. The molecule has 2 rings (SSSR count). The van der Waals surface area contributed by atoms with Gasteiger partial charge < -0.3 is 15.4 Å². The molecule has 122 valence electrons. The van der Waals surface area contributed by atoms with E-state index < -0.39 is 5.60 Å². The molecule has 2 N–H and O–H groups in total. The SMILES string of the molecule is CC(C)(C)OC(=O)NCCCNc1ncnc2c1CCCC2. The summed E-state index contributed by atoms with van der Waals surface area (Å²) in [6.45, 7) is 6.90. The van der Waals surface area contributed by atoms with E-state index in [4.69, 9.17) is 4.74 Å². The number of amides is 1. The molecule has 0 aromatic carbocycles. The summed E-state index contributed by atoms with van der Waals surface area (Å²) in [4.78, 5) is 20.2. The van der Waals surface area contributed by atoms with Gasteiger partial charge in [-0.2, -0.15) is 0 Å². The third-order valence-electron chi connectivity index (χ3n) is 3.44. The van der Waals surface area contributed by atoms with Crippen LogP contribution >= 0.6 is 0 Å². The van der Waals surface area contributed by atoms with E-state index in [2.05, 4.69) is 20.6 Å². The first kappa shape index (κ1) is 16.5. The highest BCUT2D eigenvalue weighted by Crippen LogP contribution is 2.24. The van der Waals surface area contributed by atoms with Gasteiger partial charge in [0, 0.05) is 24.3 Å². The highest BCUT2D eigenvalue weighted by molar-refractivity contribution is 5.67. The molecule has 1 heterocycles. The molecule has 0 spiro atoms. The predicted molar refractivity (Wildman–Crippen MR) is 86.0 cm³/mol. The standard InChI is InChI=1S/C16H26N4O2/c1-16(2,3)22-15(21)18-10-6-9-17-14-12-7-4-5-8-13(12)19-11-20-14/h11H,4-10H2,1-3H3,(H,18,21)(H,17,19,20). The second kappa shape index (κ2) is 7.42. The molecule has 0 radical (unpaired) electrons. The average molecular weight is 306 g/mol. The van der Waals surface area contributed by atoms with Crippen molar-refractivity contribution in [2.24, 2.45) is 0 Å². The zero-order valence-electron chi connectivity index (χ0n) is 13.7. The summed E-state index contributed by atoms with van der Waals surface area (Å²) in [7, 11) is 0. The average Bonchev–Trinajstić information content (AvgIpc) is 2.45. The summed E-state index contributed by atoms with van der Waals surface area (Å²) in [5.74, 6) is 0.946. The lowest BCUT2D eigenvalue weighted by atomic mass is 9.96. The van der Waals surface area contributed by atoms with Crippen LogP contribution in [-0.4, -0.2) is 34.8 Å². The third-order valence-corrected chi connectivity index (χ3v) is 3.44. The maximum absolute atomic E-state index is 11.5. The minimum absolute atomic E-state index is 0.369. The second-order valence-electron chi connectivity index (χ2n) is 6.56. The van der Waals surface area contributed by atoms with Gasteiger partial charge in [-0.25, -0.2) is 14.8 Å². The maximum Gasteiger partial charge on any atom is 0.407 e. The number of rotatable bonds is 5. The smallest absolute Gasteiger partial charge is 0.407 e. The molecule has 0 saturated heterocycles. The quantitative estimate of drug-likeness (QED) is 0.818. The number of hydrogen-bond donors (Lipinski definition) is 2. The summed E-state index contributed by atoms with van der Waals surface area (Å²) in [6.07, 6.45) is 6.59. The van der Waals surface area contributed by atoms with Crippen LogP contribution in [0.5, 0.6) is 0 Å². The lowest BCUT2D eigenvalue weighted by Crippen LogP contribution is -2.33. The second-order valence-corrected chi connectivity index (χ2v) is 6.56. The summed E-state index contributed by atoms with van der Waals surface area (Å²) in [5, 5.41) is 6.11. The van der Waals surface area contributed by atoms with Gasteiger partial charge >= 0.3 is 6.09 Å². The van der Waals surface area contributed by atoms with E-state index in [1.165, 1.54) is 24.1 Å². The van der Waals surface area contributed by atoms with Gasteiger partial charge in [0.15, 0.2) is 0 Å². The number of carbonyl (C=O) groups is 1. The Morgan fingerprint density at radius 2 is 2.00 bits per heavy atom. The van der Waals surface area contributed by atoms with Crippen molar-refractivity contribution in [3.8, 4) is 0 Å². The van der Waals surface area contributed by atoms with Gasteiger partial charge in [0.1, 0.15) is 17.7 Å². The van der Waals surface area contributed by atoms with Gasteiger partial charge in [-0.15, -0.1) is 0 Å². The van der Waals surface area contributed by atoms with E-state index in [1.54, 1.807) is 6.33 Å². The van der Waals surface area contributed by atoms with E-state index in [9.17, 15) is 4.79 Å². The molecule has 0 unspecified atom stereocenters. The number of anilines is 1. The van der Waals surface area contributed by atoms with E-state index in [-0.39, 0.29) is 6.09 Å². The Kier molecular flexibility index (Phi) is 5.57. The number of nitrogens with one attached hydrogen (secondary N) is 2. The Morgan fingerprint density at radius 3 is 2.77 bits per heavy atom. The fraction of sp³-hybridized carbons (Fsp3) is 0.688. The first-order valence-electron chi connectivity index (χ1n) is 7.99. The highest BCUT2D eigenvalue weighted by Gasteiger charge is 2.16. The molecule has 0 fully saturated rings. The molecule has 1 aromatic heterocycles. The van der Waals surface area contributed by atoms with Gasteiger partial charge in [-0.05, 0) is 52.9 Å². The molecule has 6 nitrogen and oxygen atoms in total. The molecule has 1 aromatic rings. The van der Waals surface area contributed by atoms with Gasteiger partial charge in [0.2, 0.25) is 0 Å². The minimum atomic E-state index is -0.456. The van der Waals surface area contributed by atoms with Crippen molar-refractivity contribution >= 4 is 11.9 Å². The Morgan fingerprint density at radius 1 is 1.23 bits per heavy atom. The first-order chi connectivity index (χ1) is 10.5. The molecule has 1 amide bonds. The van der Waals surface area contributed by atoms with Crippen molar-refractivity contribution in [2.75, 3.05) is 18.4 Å².